The number of ether oxygens (including phenoxy) is 1. The van der Waals surface area contributed by atoms with Crippen molar-refractivity contribution < 1.29 is 39.5 Å². The van der Waals surface area contributed by atoms with Gasteiger partial charge in [0.25, 0.3) is 10.0 Å². The summed E-state index contributed by atoms with van der Waals surface area (Å²) in [5.74, 6) is -7.03. The highest BCUT2D eigenvalue weighted by molar-refractivity contribution is 9.10. The van der Waals surface area contributed by atoms with Crippen LogP contribution in [-0.4, -0.2) is 8.42 Å². The Kier molecular flexibility index (Phi) is 6.47. The summed E-state index contributed by atoms with van der Waals surface area (Å²) in [6.07, 6.45) is -5.03. The summed E-state index contributed by atoms with van der Waals surface area (Å²) in [4.78, 5) is -0.193. The lowest BCUT2D eigenvalue weighted by Crippen LogP contribution is -2.14. The second kappa shape index (κ2) is 8.66. The highest BCUT2D eigenvalue weighted by Gasteiger charge is 2.33. The van der Waals surface area contributed by atoms with Crippen LogP contribution in [0.3, 0.4) is 0 Å². The number of benzene rings is 3. The van der Waals surface area contributed by atoms with Crippen molar-refractivity contribution in [2.24, 2.45) is 0 Å². The number of nitrogens with one attached hydrogen (secondary N) is 1. The van der Waals surface area contributed by atoms with Crippen molar-refractivity contribution in [1.82, 2.24) is 0 Å². The average Bonchev–Trinajstić information content (AvgIpc) is 2.65. The summed E-state index contributed by atoms with van der Waals surface area (Å²) in [5.41, 5.74) is -1.39. The highest BCUT2D eigenvalue weighted by Crippen LogP contribution is 2.40. The minimum atomic E-state index is -5.03. The van der Waals surface area contributed by atoms with Crippen LogP contribution in [0.2, 0.25) is 0 Å². The first-order chi connectivity index (χ1) is 14.8. The van der Waals surface area contributed by atoms with Crippen molar-refractivity contribution in [3.8, 4) is 11.5 Å². The number of anilines is 1. The first-order valence-corrected chi connectivity index (χ1v) is 10.9. The Balaban J connectivity index is 2.05. The fraction of sp³-hybridized carbons (Fsp3) is 0.100. The molecule has 0 bridgehead atoms. The molecule has 4 nitrogen and oxygen atoms in total. The maximum absolute atomic E-state index is 14.5. The van der Waals surface area contributed by atoms with Crippen LogP contribution in [-0.2, 0) is 16.2 Å². The standard InChI is InChI=1S/C20H12BrF6NO3S/c1-10-2-4-13(5-3-10)32(29,30)28-17-9-12(21)8-16(24)19(17)31-18-14(22)6-11(7-15(18)23)20(25,26)27/h2-9,28H,1H3. The third-order valence-electron chi connectivity index (χ3n) is 4.11. The molecule has 1 N–H and O–H groups in total. The van der Waals surface area contributed by atoms with Gasteiger partial charge < -0.3 is 4.74 Å². The zero-order valence-electron chi connectivity index (χ0n) is 15.9. The minimum absolute atomic E-state index is 0.0225. The molecule has 0 heterocycles. The molecular weight excluding hydrogens is 528 g/mol. The Morgan fingerprint density at radius 2 is 1.41 bits per heavy atom. The Labute approximate surface area is 187 Å². The van der Waals surface area contributed by atoms with E-state index in [1.807, 2.05) is 0 Å². The molecule has 3 rings (SSSR count). The van der Waals surface area contributed by atoms with Crippen LogP contribution < -0.4 is 9.46 Å². The SMILES string of the molecule is Cc1ccc(S(=O)(=O)Nc2cc(Br)cc(F)c2Oc2c(F)cc(C(F)(F)F)cc2F)cc1. The van der Waals surface area contributed by atoms with Gasteiger partial charge in [0.05, 0.1) is 16.1 Å². The van der Waals surface area contributed by atoms with Crippen LogP contribution in [0.4, 0.5) is 32.0 Å². The maximum Gasteiger partial charge on any atom is 0.416 e. The molecule has 170 valence electrons. The first kappa shape index (κ1) is 23.9. The summed E-state index contributed by atoms with van der Waals surface area (Å²) in [7, 11) is -4.28. The topological polar surface area (TPSA) is 55.4 Å². The average molecular weight is 540 g/mol. The Morgan fingerprint density at radius 1 is 0.875 bits per heavy atom. The summed E-state index contributed by atoms with van der Waals surface area (Å²) in [6, 6.07) is 7.42. The molecular formula is C20H12BrF6NO3S. The quantitative estimate of drug-likeness (QED) is 0.363. The van der Waals surface area contributed by atoms with Crippen molar-refractivity contribution in [2.45, 2.75) is 18.0 Å². The van der Waals surface area contributed by atoms with Gasteiger partial charge in [0, 0.05) is 4.47 Å². The van der Waals surface area contributed by atoms with Gasteiger partial charge in [0.1, 0.15) is 0 Å². The van der Waals surface area contributed by atoms with Gasteiger partial charge in [-0.1, -0.05) is 33.6 Å². The predicted octanol–water partition coefficient (Wildman–Crippen LogP) is 6.79. The van der Waals surface area contributed by atoms with Crippen molar-refractivity contribution in [1.29, 1.82) is 0 Å². The summed E-state index contributed by atoms with van der Waals surface area (Å²) >= 11 is 2.96. The molecule has 0 saturated heterocycles. The smallest absolute Gasteiger partial charge is 0.416 e. The van der Waals surface area contributed by atoms with E-state index in [2.05, 4.69) is 20.7 Å². The highest BCUT2D eigenvalue weighted by atomic mass is 79.9. The van der Waals surface area contributed by atoms with Crippen molar-refractivity contribution >= 4 is 31.6 Å². The number of aryl methyl sites for hydroxylation is 1. The molecule has 0 amide bonds. The number of halogens is 7. The van der Waals surface area contributed by atoms with Crippen LogP contribution in [0, 0.1) is 24.4 Å². The largest absolute Gasteiger partial charge is 0.446 e. The molecule has 0 spiro atoms. The third-order valence-corrected chi connectivity index (χ3v) is 5.95. The Hall–Kier alpha value is -2.73. The molecule has 32 heavy (non-hydrogen) atoms. The minimum Gasteiger partial charge on any atom is -0.446 e. The number of hydrogen-bond donors (Lipinski definition) is 1. The third kappa shape index (κ3) is 5.18. The van der Waals surface area contributed by atoms with Gasteiger partial charge in [-0.25, -0.2) is 21.6 Å². The zero-order valence-corrected chi connectivity index (χ0v) is 18.3. The van der Waals surface area contributed by atoms with Gasteiger partial charge in [-0.05, 0) is 43.3 Å². The molecule has 3 aromatic rings. The number of sulfonamides is 1. The molecule has 0 unspecified atom stereocenters. The normalized spacial score (nSPS) is 12.0. The van der Waals surface area contributed by atoms with Crippen LogP contribution in [0.5, 0.6) is 11.5 Å². The Bertz CT molecular complexity index is 1250. The van der Waals surface area contributed by atoms with E-state index in [1.54, 1.807) is 6.92 Å². The number of alkyl halides is 3. The number of rotatable bonds is 5. The summed E-state index contributed by atoms with van der Waals surface area (Å²) in [6.45, 7) is 1.73. The van der Waals surface area contributed by atoms with Gasteiger partial charge in [0.2, 0.25) is 0 Å². The second-order valence-corrected chi connectivity index (χ2v) is 9.15. The molecule has 3 aromatic carbocycles. The van der Waals surface area contributed by atoms with E-state index in [1.165, 1.54) is 24.3 Å². The molecule has 12 heteroatoms. The van der Waals surface area contributed by atoms with Crippen LogP contribution in [0.15, 0.2) is 57.9 Å². The van der Waals surface area contributed by atoms with E-state index in [-0.39, 0.29) is 21.5 Å². The van der Waals surface area contributed by atoms with Crippen LogP contribution >= 0.6 is 15.9 Å². The molecule has 0 radical (unpaired) electrons. The van der Waals surface area contributed by atoms with Crippen molar-refractivity contribution in [2.75, 3.05) is 4.72 Å². The van der Waals surface area contributed by atoms with E-state index >= 15 is 0 Å². The predicted molar refractivity (Wildman–Crippen MR) is 108 cm³/mol. The van der Waals surface area contributed by atoms with Gasteiger partial charge >= 0.3 is 6.18 Å². The molecule has 0 aliphatic carbocycles. The molecule has 0 aliphatic rings. The van der Waals surface area contributed by atoms with Gasteiger partial charge in [0.15, 0.2) is 29.0 Å². The monoisotopic (exact) mass is 539 g/mol. The summed E-state index contributed by atoms with van der Waals surface area (Å²) in [5, 5.41) is 0. The van der Waals surface area contributed by atoms with Crippen LogP contribution in [0.25, 0.3) is 0 Å². The van der Waals surface area contributed by atoms with Crippen molar-refractivity contribution in [3.05, 3.63) is 81.6 Å². The summed E-state index contributed by atoms with van der Waals surface area (Å²) < 4.78 is 113. The van der Waals surface area contributed by atoms with Crippen LogP contribution in [0.1, 0.15) is 11.1 Å². The van der Waals surface area contributed by atoms with E-state index < -0.39 is 56.4 Å². The van der Waals surface area contributed by atoms with Gasteiger partial charge in [-0.15, -0.1) is 0 Å². The number of hydrogen-bond acceptors (Lipinski definition) is 3. The maximum atomic E-state index is 14.5. The molecule has 0 aromatic heterocycles. The molecule has 0 atom stereocenters. The molecule has 0 aliphatic heterocycles. The fourth-order valence-electron chi connectivity index (χ4n) is 2.58. The van der Waals surface area contributed by atoms with Crippen molar-refractivity contribution in [3.63, 3.8) is 0 Å². The van der Waals surface area contributed by atoms with E-state index in [4.69, 9.17) is 4.74 Å². The van der Waals surface area contributed by atoms with Gasteiger partial charge in [-0.3, -0.25) is 4.72 Å². The van der Waals surface area contributed by atoms with E-state index in [9.17, 15) is 34.8 Å². The lowest BCUT2D eigenvalue weighted by Gasteiger charge is -2.16. The van der Waals surface area contributed by atoms with Gasteiger partial charge in [-0.2, -0.15) is 13.2 Å². The first-order valence-electron chi connectivity index (χ1n) is 8.60. The van der Waals surface area contributed by atoms with E-state index in [0.29, 0.717) is 0 Å². The lowest BCUT2D eigenvalue weighted by molar-refractivity contribution is -0.138. The molecule has 0 saturated carbocycles. The molecule has 0 fully saturated rings. The fourth-order valence-corrected chi connectivity index (χ4v) is 4.07. The lowest BCUT2D eigenvalue weighted by atomic mass is 10.2. The second-order valence-electron chi connectivity index (χ2n) is 6.55. The van der Waals surface area contributed by atoms with E-state index in [0.717, 1.165) is 17.7 Å². The Morgan fingerprint density at radius 3 is 1.94 bits per heavy atom. The zero-order chi connectivity index (χ0) is 23.8.